The summed E-state index contributed by atoms with van der Waals surface area (Å²) < 4.78 is 1.23. The fourth-order valence-corrected chi connectivity index (χ4v) is 5.36. The monoisotopic (exact) mass is 329 g/mol. The van der Waals surface area contributed by atoms with Crippen molar-refractivity contribution >= 4 is 37.9 Å². The number of nitrogens with two attached hydrogens (primary N) is 1. The number of anilines is 1. The van der Waals surface area contributed by atoms with Gasteiger partial charge in [-0.15, -0.1) is 22.7 Å². The van der Waals surface area contributed by atoms with Crippen LogP contribution in [-0.2, 0) is 13.0 Å². The Morgan fingerprint density at radius 3 is 2.82 bits per heavy atom. The van der Waals surface area contributed by atoms with Crippen LogP contribution in [0.4, 0.5) is 5.00 Å². The number of nitrogens with zero attached hydrogens (tertiary/aromatic N) is 2. The average molecular weight is 329 g/mol. The van der Waals surface area contributed by atoms with Crippen LogP contribution in [0.25, 0.3) is 20.8 Å². The lowest BCUT2D eigenvalue weighted by atomic mass is 10.0. The first-order valence-electron chi connectivity index (χ1n) is 7.63. The van der Waals surface area contributed by atoms with Crippen molar-refractivity contribution in [2.24, 2.45) is 0 Å². The molecule has 2 aromatic heterocycles. The standard InChI is InChI=1S/C17H19N3S2/c1-10(2)20-8-7-11-14(9-20)21-16(18)15(11)17-19-12-5-3-4-6-13(12)22-17/h3-6,10H,7-9,18H2,1-2H3. The number of benzene rings is 1. The number of thiophene rings is 1. The fourth-order valence-electron chi connectivity index (χ4n) is 3.10. The maximum Gasteiger partial charge on any atom is 0.127 e. The predicted octanol–water partition coefficient (Wildman–Crippen LogP) is 4.37. The van der Waals surface area contributed by atoms with Gasteiger partial charge in [0.2, 0.25) is 0 Å². The molecule has 0 aliphatic carbocycles. The molecular weight excluding hydrogens is 310 g/mol. The van der Waals surface area contributed by atoms with Crippen LogP contribution in [0, 0.1) is 0 Å². The van der Waals surface area contributed by atoms with Crippen LogP contribution in [0.5, 0.6) is 0 Å². The van der Waals surface area contributed by atoms with Gasteiger partial charge in [-0.3, -0.25) is 4.90 Å². The highest BCUT2D eigenvalue weighted by Gasteiger charge is 2.26. The highest BCUT2D eigenvalue weighted by Crippen LogP contribution is 2.44. The summed E-state index contributed by atoms with van der Waals surface area (Å²) in [4.78, 5) is 8.75. The second kappa shape index (κ2) is 5.33. The normalized spacial score (nSPS) is 15.6. The minimum Gasteiger partial charge on any atom is -0.390 e. The lowest BCUT2D eigenvalue weighted by Gasteiger charge is -2.30. The number of fused-ring (bicyclic) bond motifs is 2. The fraction of sp³-hybridized carbons (Fsp3) is 0.353. The first-order chi connectivity index (χ1) is 10.6. The second-order valence-corrected chi connectivity index (χ2v) is 8.21. The highest BCUT2D eigenvalue weighted by atomic mass is 32.1. The summed E-state index contributed by atoms with van der Waals surface area (Å²) in [5.41, 5.74) is 10.1. The maximum absolute atomic E-state index is 6.36. The Balaban J connectivity index is 1.80. The molecule has 0 atom stereocenters. The van der Waals surface area contributed by atoms with Crippen LogP contribution in [-0.4, -0.2) is 22.5 Å². The lowest BCUT2D eigenvalue weighted by molar-refractivity contribution is 0.206. The molecular formula is C17H19N3S2. The van der Waals surface area contributed by atoms with Gasteiger partial charge in [0.05, 0.1) is 15.2 Å². The van der Waals surface area contributed by atoms with Gasteiger partial charge in [-0.2, -0.15) is 0 Å². The van der Waals surface area contributed by atoms with Crippen molar-refractivity contribution in [2.75, 3.05) is 12.3 Å². The van der Waals surface area contributed by atoms with E-state index in [-0.39, 0.29) is 0 Å². The van der Waals surface area contributed by atoms with E-state index in [4.69, 9.17) is 10.7 Å². The van der Waals surface area contributed by atoms with E-state index in [9.17, 15) is 0 Å². The zero-order valence-electron chi connectivity index (χ0n) is 12.8. The SMILES string of the molecule is CC(C)N1CCc2c(sc(N)c2-c2nc3ccccc3s2)C1. The number of aromatic nitrogens is 1. The number of hydrogen-bond donors (Lipinski definition) is 1. The third kappa shape index (κ3) is 2.24. The summed E-state index contributed by atoms with van der Waals surface area (Å²) in [7, 11) is 0. The molecule has 0 unspecified atom stereocenters. The molecule has 0 saturated heterocycles. The Labute approximate surface area is 138 Å². The van der Waals surface area contributed by atoms with Gasteiger partial charge in [-0.25, -0.2) is 4.98 Å². The van der Waals surface area contributed by atoms with Gasteiger partial charge in [-0.05, 0) is 38.0 Å². The van der Waals surface area contributed by atoms with Crippen LogP contribution in [0.15, 0.2) is 24.3 Å². The molecule has 3 heterocycles. The number of thiazole rings is 1. The van der Waals surface area contributed by atoms with Gasteiger partial charge in [0.15, 0.2) is 0 Å². The zero-order valence-corrected chi connectivity index (χ0v) is 14.4. The summed E-state index contributed by atoms with van der Waals surface area (Å²) in [5, 5.41) is 2.00. The first-order valence-corrected chi connectivity index (χ1v) is 9.27. The van der Waals surface area contributed by atoms with E-state index in [1.165, 1.54) is 20.7 Å². The van der Waals surface area contributed by atoms with Crippen LogP contribution >= 0.6 is 22.7 Å². The van der Waals surface area contributed by atoms with E-state index in [0.717, 1.165) is 35.0 Å². The highest BCUT2D eigenvalue weighted by molar-refractivity contribution is 7.22. The lowest BCUT2D eigenvalue weighted by Crippen LogP contribution is -2.35. The molecule has 114 valence electrons. The summed E-state index contributed by atoms with van der Waals surface area (Å²) in [6.45, 7) is 6.65. The van der Waals surface area contributed by atoms with Gasteiger partial charge in [-0.1, -0.05) is 12.1 Å². The van der Waals surface area contributed by atoms with Crippen LogP contribution in [0.3, 0.4) is 0 Å². The van der Waals surface area contributed by atoms with Crippen LogP contribution < -0.4 is 5.73 Å². The van der Waals surface area contributed by atoms with E-state index in [1.807, 2.05) is 6.07 Å². The Bertz CT molecular complexity index is 799. The molecule has 3 nitrogen and oxygen atoms in total. The summed E-state index contributed by atoms with van der Waals surface area (Å²) in [5.74, 6) is 0. The quantitative estimate of drug-likeness (QED) is 0.759. The number of para-hydroxylation sites is 1. The molecule has 4 rings (SSSR count). The maximum atomic E-state index is 6.36. The van der Waals surface area contributed by atoms with Crippen molar-refractivity contribution in [3.8, 4) is 10.6 Å². The van der Waals surface area contributed by atoms with Crippen molar-refractivity contribution in [1.29, 1.82) is 0 Å². The largest absolute Gasteiger partial charge is 0.390 e. The average Bonchev–Trinajstić information content (AvgIpc) is 3.05. The van der Waals surface area contributed by atoms with Crippen molar-refractivity contribution in [1.82, 2.24) is 9.88 Å². The molecule has 1 aromatic carbocycles. The van der Waals surface area contributed by atoms with E-state index >= 15 is 0 Å². The Morgan fingerprint density at radius 2 is 2.05 bits per heavy atom. The molecule has 0 spiro atoms. The molecule has 2 N–H and O–H groups in total. The van der Waals surface area contributed by atoms with Gasteiger partial charge in [0.1, 0.15) is 5.01 Å². The first kappa shape index (κ1) is 14.2. The molecule has 22 heavy (non-hydrogen) atoms. The number of rotatable bonds is 2. The number of nitrogen functional groups attached to an aromatic ring is 1. The molecule has 0 amide bonds. The van der Waals surface area contributed by atoms with E-state index in [0.29, 0.717) is 6.04 Å². The summed E-state index contributed by atoms with van der Waals surface area (Å²) in [6.07, 6.45) is 1.08. The Hall–Kier alpha value is -1.43. The van der Waals surface area contributed by atoms with Gasteiger partial charge in [0, 0.05) is 29.6 Å². The van der Waals surface area contributed by atoms with E-state index in [1.54, 1.807) is 22.7 Å². The van der Waals surface area contributed by atoms with Crippen molar-refractivity contribution in [3.63, 3.8) is 0 Å². The number of hydrogen-bond acceptors (Lipinski definition) is 5. The second-order valence-electron chi connectivity index (χ2n) is 6.04. The van der Waals surface area contributed by atoms with Crippen molar-refractivity contribution < 1.29 is 0 Å². The molecule has 5 heteroatoms. The van der Waals surface area contributed by atoms with Crippen LogP contribution in [0.1, 0.15) is 24.3 Å². The molecule has 0 bridgehead atoms. The minimum absolute atomic E-state index is 0.586. The molecule has 1 aliphatic heterocycles. The van der Waals surface area contributed by atoms with Crippen LogP contribution in [0.2, 0.25) is 0 Å². The van der Waals surface area contributed by atoms with Gasteiger partial charge < -0.3 is 5.73 Å². The third-order valence-corrected chi connectivity index (χ3v) is 6.45. The van der Waals surface area contributed by atoms with Gasteiger partial charge >= 0.3 is 0 Å². The Morgan fingerprint density at radius 1 is 1.23 bits per heavy atom. The molecule has 0 fully saturated rings. The van der Waals surface area contributed by atoms with Crippen molar-refractivity contribution in [3.05, 3.63) is 34.7 Å². The third-order valence-electron chi connectivity index (χ3n) is 4.35. The van der Waals surface area contributed by atoms with E-state index in [2.05, 4.69) is 36.9 Å². The Kier molecular flexibility index (Phi) is 3.44. The van der Waals surface area contributed by atoms with E-state index < -0.39 is 0 Å². The topological polar surface area (TPSA) is 42.1 Å². The molecule has 0 radical (unpaired) electrons. The molecule has 1 aliphatic rings. The zero-order chi connectivity index (χ0) is 15.3. The summed E-state index contributed by atoms with van der Waals surface area (Å²) in [6, 6.07) is 8.90. The molecule has 0 saturated carbocycles. The predicted molar refractivity (Wildman–Crippen MR) is 96.6 cm³/mol. The smallest absolute Gasteiger partial charge is 0.127 e. The minimum atomic E-state index is 0.586. The summed E-state index contributed by atoms with van der Waals surface area (Å²) >= 11 is 3.50. The molecule has 3 aromatic rings. The van der Waals surface area contributed by atoms with Gasteiger partial charge in [0.25, 0.3) is 0 Å². The van der Waals surface area contributed by atoms with Crippen molar-refractivity contribution in [2.45, 2.75) is 32.9 Å².